The summed E-state index contributed by atoms with van der Waals surface area (Å²) in [7, 11) is 0. The van der Waals surface area contributed by atoms with Crippen molar-refractivity contribution in [2.75, 3.05) is 18.0 Å². The average molecular weight is 527 g/mol. The third kappa shape index (κ3) is 4.89. The minimum Gasteiger partial charge on any atom is -0.411 e. The lowest BCUT2D eigenvalue weighted by molar-refractivity contribution is -0.137. The van der Waals surface area contributed by atoms with E-state index in [1.807, 2.05) is 4.90 Å². The monoisotopic (exact) mass is 527 g/mol. The molecule has 0 bridgehead atoms. The van der Waals surface area contributed by atoms with E-state index in [-0.39, 0.29) is 17.2 Å². The Morgan fingerprint density at radius 2 is 1.74 bits per heavy atom. The lowest BCUT2D eigenvalue weighted by atomic mass is 9.95. The molecular weight excluding hydrogens is 505 g/mol. The molecule has 0 aliphatic carbocycles. The van der Waals surface area contributed by atoms with Crippen LogP contribution in [0.2, 0.25) is 0 Å². The molecule has 1 aliphatic rings. The Bertz CT molecular complexity index is 1530. The van der Waals surface area contributed by atoms with Crippen LogP contribution in [0.5, 0.6) is 0 Å². The molecule has 0 amide bonds. The number of anilines is 1. The highest BCUT2D eigenvalue weighted by Crippen LogP contribution is 2.41. The molecule has 0 saturated carbocycles. The number of rotatable bonds is 4. The van der Waals surface area contributed by atoms with Gasteiger partial charge in [0.1, 0.15) is 5.82 Å². The fourth-order valence-corrected chi connectivity index (χ4v) is 4.79. The SMILES string of the molecule is NC1CCN(c2c(-c3cc(F)cc(C(F)(F)F)c3)cnc3ccc(-c4cncc(F)c4/C=N/O)cc23)CC1. The number of nitrogens with zero attached hydrogens (tertiary/aromatic N) is 4. The first kappa shape index (κ1) is 25.5. The van der Waals surface area contributed by atoms with E-state index in [4.69, 9.17) is 10.9 Å². The number of fused-ring (bicyclic) bond motifs is 1. The van der Waals surface area contributed by atoms with E-state index in [1.54, 1.807) is 18.2 Å². The molecule has 1 fully saturated rings. The van der Waals surface area contributed by atoms with Crippen LogP contribution in [-0.2, 0) is 6.18 Å². The second kappa shape index (κ2) is 9.97. The number of nitrogens with two attached hydrogens (primary N) is 1. The van der Waals surface area contributed by atoms with E-state index in [2.05, 4.69) is 15.1 Å². The maximum absolute atomic E-state index is 14.5. The van der Waals surface area contributed by atoms with Crippen molar-refractivity contribution in [2.45, 2.75) is 25.1 Å². The summed E-state index contributed by atoms with van der Waals surface area (Å²) < 4.78 is 69.4. The molecule has 38 heavy (non-hydrogen) atoms. The predicted octanol–water partition coefficient (Wildman–Crippen LogP) is 6.00. The van der Waals surface area contributed by atoms with Crippen molar-refractivity contribution < 1.29 is 27.2 Å². The summed E-state index contributed by atoms with van der Waals surface area (Å²) in [6, 6.07) is 7.52. The van der Waals surface area contributed by atoms with Gasteiger partial charge in [-0.15, -0.1) is 0 Å². The Kier molecular flexibility index (Phi) is 6.70. The van der Waals surface area contributed by atoms with Crippen molar-refractivity contribution in [3.8, 4) is 22.3 Å². The molecule has 0 spiro atoms. The van der Waals surface area contributed by atoms with Crippen molar-refractivity contribution in [2.24, 2.45) is 10.9 Å². The molecule has 6 nitrogen and oxygen atoms in total. The molecule has 1 saturated heterocycles. The van der Waals surface area contributed by atoms with Crippen LogP contribution in [0.4, 0.5) is 27.6 Å². The van der Waals surface area contributed by atoms with Crippen LogP contribution in [-0.4, -0.2) is 40.5 Å². The number of aromatic nitrogens is 2. The van der Waals surface area contributed by atoms with Crippen molar-refractivity contribution in [3.05, 3.63) is 77.8 Å². The number of benzene rings is 2. The fourth-order valence-electron chi connectivity index (χ4n) is 4.79. The van der Waals surface area contributed by atoms with Crippen LogP contribution in [0.15, 0.2) is 60.1 Å². The average Bonchev–Trinajstić information content (AvgIpc) is 2.88. The Morgan fingerprint density at radius 3 is 2.45 bits per heavy atom. The number of pyridine rings is 2. The second-order valence-corrected chi connectivity index (χ2v) is 9.13. The predicted molar refractivity (Wildman–Crippen MR) is 134 cm³/mol. The zero-order valence-corrected chi connectivity index (χ0v) is 19.9. The third-order valence-electron chi connectivity index (χ3n) is 6.67. The van der Waals surface area contributed by atoms with Crippen LogP contribution in [0.3, 0.4) is 0 Å². The van der Waals surface area contributed by atoms with Gasteiger partial charge in [0.25, 0.3) is 0 Å². The maximum atomic E-state index is 14.5. The Labute approximate surface area is 214 Å². The highest BCUT2D eigenvalue weighted by atomic mass is 19.4. The highest BCUT2D eigenvalue weighted by Gasteiger charge is 2.32. The number of hydrogen-bond donors (Lipinski definition) is 2. The summed E-state index contributed by atoms with van der Waals surface area (Å²) in [6.07, 6.45) is 1.39. The molecule has 3 N–H and O–H groups in total. The summed E-state index contributed by atoms with van der Waals surface area (Å²) in [5.41, 5.74) is 7.32. The van der Waals surface area contributed by atoms with E-state index in [0.29, 0.717) is 65.3 Å². The number of oxime groups is 1. The highest BCUT2D eigenvalue weighted by molar-refractivity contribution is 6.02. The molecule has 5 rings (SSSR count). The van der Waals surface area contributed by atoms with E-state index in [0.717, 1.165) is 24.5 Å². The van der Waals surface area contributed by atoms with Crippen molar-refractivity contribution in [3.63, 3.8) is 0 Å². The lowest BCUT2D eigenvalue weighted by Gasteiger charge is -2.34. The molecule has 2 aromatic heterocycles. The van der Waals surface area contributed by atoms with Crippen molar-refractivity contribution >= 4 is 22.8 Å². The van der Waals surface area contributed by atoms with Gasteiger partial charge in [0.15, 0.2) is 5.82 Å². The largest absolute Gasteiger partial charge is 0.416 e. The van der Waals surface area contributed by atoms with E-state index >= 15 is 0 Å². The van der Waals surface area contributed by atoms with Crippen LogP contribution < -0.4 is 10.6 Å². The van der Waals surface area contributed by atoms with Crippen LogP contribution >= 0.6 is 0 Å². The van der Waals surface area contributed by atoms with Gasteiger partial charge in [-0.05, 0) is 54.3 Å². The number of hydrogen-bond acceptors (Lipinski definition) is 6. The number of piperidine rings is 1. The first-order valence-corrected chi connectivity index (χ1v) is 11.8. The second-order valence-electron chi connectivity index (χ2n) is 9.13. The summed E-state index contributed by atoms with van der Waals surface area (Å²) >= 11 is 0. The molecule has 0 atom stereocenters. The number of alkyl halides is 3. The molecule has 1 aliphatic heterocycles. The van der Waals surface area contributed by atoms with Gasteiger partial charge in [-0.25, -0.2) is 8.78 Å². The number of halogens is 5. The first-order chi connectivity index (χ1) is 18.2. The molecular formula is C27H22F5N5O. The molecule has 4 aromatic rings. The molecule has 2 aromatic carbocycles. The van der Waals surface area contributed by atoms with Gasteiger partial charge in [-0.3, -0.25) is 9.97 Å². The third-order valence-corrected chi connectivity index (χ3v) is 6.67. The van der Waals surface area contributed by atoms with Gasteiger partial charge in [0.2, 0.25) is 0 Å². The molecule has 0 unspecified atom stereocenters. The minimum absolute atomic E-state index is 0.0106. The molecule has 11 heteroatoms. The van der Waals surface area contributed by atoms with E-state index < -0.39 is 23.4 Å². The minimum atomic E-state index is -4.73. The quantitative estimate of drug-likeness (QED) is 0.147. The van der Waals surface area contributed by atoms with Gasteiger partial charge in [-0.2, -0.15) is 13.2 Å². The zero-order chi connectivity index (χ0) is 27.0. The molecule has 196 valence electrons. The Morgan fingerprint density at radius 1 is 0.974 bits per heavy atom. The summed E-state index contributed by atoms with van der Waals surface area (Å²) in [6.45, 7) is 1.06. The molecule has 3 heterocycles. The molecule has 0 radical (unpaired) electrons. The standard InChI is InChI=1S/C27H22F5N5O/c28-18-8-16(7-17(10-18)27(30,31)32)22-12-35-25-2-1-15(21-11-34-14-24(29)23(21)13-36-38)9-20(25)26(22)37-5-3-19(33)4-6-37/h1-2,7-14,19,38H,3-6,33H2/b36-13+. The zero-order valence-electron chi connectivity index (χ0n) is 19.9. The topological polar surface area (TPSA) is 87.6 Å². The van der Waals surface area contributed by atoms with Gasteiger partial charge < -0.3 is 15.8 Å². The van der Waals surface area contributed by atoms with Crippen molar-refractivity contribution in [1.29, 1.82) is 0 Å². The van der Waals surface area contributed by atoms with Crippen LogP contribution in [0.1, 0.15) is 24.0 Å². The van der Waals surface area contributed by atoms with Crippen molar-refractivity contribution in [1.82, 2.24) is 9.97 Å². The van der Waals surface area contributed by atoms with Gasteiger partial charge >= 0.3 is 6.18 Å². The smallest absolute Gasteiger partial charge is 0.411 e. The fraction of sp³-hybridized carbons (Fsp3) is 0.222. The first-order valence-electron chi connectivity index (χ1n) is 11.8. The van der Waals surface area contributed by atoms with Gasteiger partial charge in [0, 0.05) is 53.6 Å². The summed E-state index contributed by atoms with van der Waals surface area (Å²) in [5, 5.41) is 12.6. The Hall–Kier alpha value is -4.12. The van der Waals surface area contributed by atoms with Gasteiger partial charge in [0.05, 0.1) is 29.2 Å². The lowest BCUT2D eigenvalue weighted by Crippen LogP contribution is -2.40. The van der Waals surface area contributed by atoms with E-state index in [9.17, 15) is 22.0 Å². The van der Waals surface area contributed by atoms with E-state index in [1.165, 1.54) is 12.4 Å². The van der Waals surface area contributed by atoms with Gasteiger partial charge in [-0.1, -0.05) is 11.2 Å². The normalized spacial score (nSPS) is 15.1. The Balaban J connectivity index is 1.77. The van der Waals surface area contributed by atoms with Crippen LogP contribution in [0.25, 0.3) is 33.2 Å². The van der Waals surface area contributed by atoms with Crippen LogP contribution in [0, 0.1) is 11.6 Å². The maximum Gasteiger partial charge on any atom is 0.416 e. The summed E-state index contributed by atoms with van der Waals surface area (Å²) in [4.78, 5) is 10.4. The summed E-state index contributed by atoms with van der Waals surface area (Å²) in [5.74, 6) is -1.72.